The molecule has 6 rings (SSSR count). The van der Waals surface area contributed by atoms with Crippen molar-refractivity contribution in [2.45, 2.75) is 73.5 Å². The summed E-state index contributed by atoms with van der Waals surface area (Å²) in [6.45, 7) is 0.414. The maximum absolute atomic E-state index is 16.4. The summed E-state index contributed by atoms with van der Waals surface area (Å²) in [4.78, 5) is 22.2. The van der Waals surface area contributed by atoms with Crippen LogP contribution in [0.4, 0.5) is 22.0 Å². The van der Waals surface area contributed by atoms with Gasteiger partial charge in [-0.25, -0.2) is 35.4 Å². The highest BCUT2D eigenvalue weighted by molar-refractivity contribution is 7.91. The van der Waals surface area contributed by atoms with E-state index >= 15 is 4.39 Å². The molecular weight excluding hydrogens is 609 g/mol. The summed E-state index contributed by atoms with van der Waals surface area (Å²) in [6.07, 6.45) is 0.747. The third-order valence-electron chi connectivity index (χ3n) is 9.62. The van der Waals surface area contributed by atoms with E-state index in [2.05, 4.69) is 15.1 Å². The van der Waals surface area contributed by atoms with Crippen molar-refractivity contribution in [2.24, 2.45) is 13.0 Å². The molecule has 0 unspecified atom stereocenters. The molecule has 1 saturated carbocycles. The number of carbonyl (C=O) groups excluding carboxylic acids is 1. The second-order valence-corrected chi connectivity index (χ2v) is 14.5. The highest BCUT2D eigenvalue weighted by Crippen LogP contribution is 2.45. The number of amides is 1. The number of likely N-dealkylation sites (tertiary alicyclic amines) is 1. The molecular formula is C29H34F5N5O4S. The highest BCUT2D eigenvalue weighted by Gasteiger charge is 2.54. The van der Waals surface area contributed by atoms with Crippen LogP contribution in [0.3, 0.4) is 0 Å². The molecule has 44 heavy (non-hydrogen) atoms. The molecule has 3 fully saturated rings. The number of nitrogens with zero attached hydrogens (tertiary/aromatic N) is 4. The lowest BCUT2D eigenvalue weighted by Crippen LogP contribution is -2.63. The minimum absolute atomic E-state index is 0.0130. The molecule has 0 spiro atoms. The van der Waals surface area contributed by atoms with E-state index in [4.69, 9.17) is 4.74 Å². The Kier molecular flexibility index (Phi) is 7.58. The second-order valence-electron chi connectivity index (χ2n) is 12.5. The molecule has 0 bridgehead atoms. The van der Waals surface area contributed by atoms with Crippen molar-refractivity contribution < 1.29 is 39.9 Å². The molecule has 2 saturated heterocycles. The molecule has 240 valence electrons. The topological polar surface area (TPSA) is 110 Å². The van der Waals surface area contributed by atoms with Gasteiger partial charge in [0.05, 0.1) is 41.7 Å². The van der Waals surface area contributed by atoms with Crippen molar-refractivity contribution in [3.63, 3.8) is 0 Å². The molecule has 9 nitrogen and oxygen atoms in total. The molecule has 0 radical (unpaired) electrons. The van der Waals surface area contributed by atoms with Crippen molar-refractivity contribution in [3.8, 4) is 0 Å². The number of rotatable bonds is 7. The first kappa shape index (κ1) is 30.9. The molecule has 1 amide bonds. The monoisotopic (exact) mass is 643 g/mol. The Hall–Kier alpha value is -3.07. The summed E-state index contributed by atoms with van der Waals surface area (Å²) in [5.41, 5.74) is -0.884. The predicted molar refractivity (Wildman–Crippen MR) is 149 cm³/mol. The minimum Gasteiger partial charge on any atom is -0.381 e. The van der Waals surface area contributed by atoms with Crippen LogP contribution >= 0.6 is 0 Å². The summed E-state index contributed by atoms with van der Waals surface area (Å²) in [6, 6.07) is 2.97. The van der Waals surface area contributed by atoms with Crippen LogP contribution in [0.5, 0.6) is 0 Å². The Morgan fingerprint density at radius 1 is 1.09 bits per heavy atom. The average Bonchev–Trinajstić information content (AvgIpc) is 3.54. The molecule has 1 N–H and O–H groups in total. The number of nitrogens with one attached hydrogen (secondary N) is 1. The average molecular weight is 644 g/mol. The number of ether oxygens (including phenoxy) is 1. The molecule has 3 aliphatic rings. The Balaban J connectivity index is 1.39. The van der Waals surface area contributed by atoms with Gasteiger partial charge in [-0.2, -0.15) is 5.10 Å². The predicted octanol–water partition coefficient (Wildman–Crippen LogP) is 4.65. The van der Waals surface area contributed by atoms with Crippen LogP contribution in [0.25, 0.3) is 11.0 Å². The number of halogens is 5. The smallest absolute Gasteiger partial charge is 0.282 e. The van der Waals surface area contributed by atoms with Crippen molar-refractivity contribution in [2.75, 3.05) is 32.1 Å². The zero-order chi connectivity index (χ0) is 31.7. The van der Waals surface area contributed by atoms with Gasteiger partial charge >= 0.3 is 0 Å². The number of imidazole rings is 1. The Labute approximate surface area is 251 Å². The lowest BCUT2D eigenvalue weighted by molar-refractivity contribution is -0.174. The van der Waals surface area contributed by atoms with Gasteiger partial charge in [0.2, 0.25) is 11.8 Å². The van der Waals surface area contributed by atoms with E-state index in [-0.39, 0.29) is 66.2 Å². The number of H-pyrrole nitrogens is 1. The van der Waals surface area contributed by atoms with Gasteiger partial charge in [-0.15, -0.1) is 0 Å². The fourth-order valence-electron chi connectivity index (χ4n) is 6.90. The summed E-state index contributed by atoms with van der Waals surface area (Å²) in [5.74, 6) is -8.88. The summed E-state index contributed by atoms with van der Waals surface area (Å²) < 4.78 is 106. The number of hydrogen-bond acceptors (Lipinski definition) is 6. The van der Waals surface area contributed by atoms with E-state index in [9.17, 15) is 30.8 Å². The molecule has 1 aromatic carbocycles. The Morgan fingerprint density at radius 3 is 2.34 bits per heavy atom. The van der Waals surface area contributed by atoms with Crippen LogP contribution in [-0.4, -0.2) is 82.9 Å². The standard InChI is InChI=1S/C29H34F5N5O4S/c1-17-22(13-35-38(17)2)44(41,42)14-19(18-5-7-28(31,32)8-6-18)25-36-21-4-3-20(23(30)24(21)37-25)27(9-11-43-12-10-27)26(40)39-15-29(33,34)16-39/h3-4,13,18-19H,5-12,14-16H2,1-2H3,(H,36,37)/t19-/m0/s1. The van der Waals surface area contributed by atoms with Crippen LogP contribution in [0.15, 0.2) is 23.2 Å². The number of hydrogen-bond donors (Lipinski definition) is 1. The normalized spacial score (nSPS) is 22.6. The number of alkyl halides is 4. The fourth-order valence-corrected chi connectivity index (χ4v) is 8.77. The Morgan fingerprint density at radius 2 is 1.75 bits per heavy atom. The van der Waals surface area contributed by atoms with Crippen molar-refractivity contribution in [1.82, 2.24) is 24.6 Å². The molecule has 2 aliphatic heterocycles. The quantitative estimate of drug-likeness (QED) is 0.376. The molecule has 3 aromatic rings. The lowest BCUT2D eigenvalue weighted by Gasteiger charge is -2.46. The van der Waals surface area contributed by atoms with Crippen LogP contribution in [-0.2, 0) is 31.8 Å². The highest BCUT2D eigenvalue weighted by atomic mass is 32.2. The van der Waals surface area contributed by atoms with Crippen molar-refractivity contribution in [3.05, 3.63) is 41.2 Å². The number of sulfone groups is 1. The number of aromatic nitrogens is 4. The number of aromatic amines is 1. The number of benzene rings is 1. The van der Waals surface area contributed by atoms with Crippen LogP contribution in [0, 0.1) is 18.7 Å². The van der Waals surface area contributed by atoms with E-state index in [0.29, 0.717) is 5.69 Å². The van der Waals surface area contributed by atoms with Gasteiger partial charge in [0.15, 0.2) is 15.7 Å². The summed E-state index contributed by atoms with van der Waals surface area (Å²) in [7, 11) is -2.35. The SMILES string of the molecule is Cc1c(S(=O)(=O)C[C@H](c2nc3c(F)c(C4(C(=O)N5CC(F)(F)C5)CCOCC4)ccc3[nH]2)C2CCC(F)(F)CC2)cnn1C. The first-order chi connectivity index (χ1) is 20.6. The Bertz CT molecular complexity index is 1680. The largest absolute Gasteiger partial charge is 0.381 e. The van der Waals surface area contributed by atoms with Gasteiger partial charge in [0.1, 0.15) is 16.2 Å². The van der Waals surface area contributed by atoms with E-state index in [1.54, 1.807) is 14.0 Å². The van der Waals surface area contributed by atoms with Gasteiger partial charge in [-0.05, 0) is 44.6 Å². The van der Waals surface area contributed by atoms with Crippen molar-refractivity contribution >= 4 is 26.8 Å². The fraction of sp³-hybridized carbons (Fsp3) is 0.621. The second kappa shape index (κ2) is 10.8. The molecule has 15 heteroatoms. The third kappa shape index (κ3) is 5.39. The minimum atomic E-state index is -3.95. The summed E-state index contributed by atoms with van der Waals surface area (Å²) in [5, 5.41) is 4.03. The van der Waals surface area contributed by atoms with Crippen LogP contribution in [0.2, 0.25) is 0 Å². The van der Waals surface area contributed by atoms with Crippen LogP contribution < -0.4 is 0 Å². The van der Waals surface area contributed by atoms with Gasteiger partial charge < -0.3 is 14.6 Å². The molecule has 2 aromatic heterocycles. The van der Waals surface area contributed by atoms with Crippen LogP contribution in [0.1, 0.15) is 61.5 Å². The molecule has 4 heterocycles. The van der Waals surface area contributed by atoms with E-state index in [0.717, 1.165) is 4.90 Å². The van der Waals surface area contributed by atoms with Gasteiger partial charge in [0.25, 0.3) is 5.92 Å². The first-order valence-electron chi connectivity index (χ1n) is 14.7. The third-order valence-corrected chi connectivity index (χ3v) is 11.5. The van der Waals surface area contributed by atoms with E-state index in [1.165, 1.54) is 23.0 Å². The lowest BCUT2D eigenvalue weighted by atomic mass is 9.72. The van der Waals surface area contributed by atoms with E-state index < -0.39 is 82.3 Å². The van der Waals surface area contributed by atoms with E-state index in [1.807, 2.05) is 0 Å². The van der Waals surface area contributed by atoms with Gasteiger partial charge in [0, 0.05) is 44.6 Å². The maximum atomic E-state index is 16.4. The first-order valence-corrected chi connectivity index (χ1v) is 16.3. The molecule has 1 aliphatic carbocycles. The number of aryl methyl sites for hydroxylation is 1. The zero-order valence-corrected chi connectivity index (χ0v) is 25.2. The summed E-state index contributed by atoms with van der Waals surface area (Å²) >= 11 is 0. The number of carbonyl (C=O) groups is 1. The zero-order valence-electron chi connectivity index (χ0n) is 24.4. The maximum Gasteiger partial charge on any atom is 0.282 e. The van der Waals surface area contributed by atoms with Crippen molar-refractivity contribution in [1.29, 1.82) is 0 Å². The van der Waals surface area contributed by atoms with Gasteiger partial charge in [-0.1, -0.05) is 6.07 Å². The molecule has 1 atom stereocenters. The van der Waals surface area contributed by atoms with Gasteiger partial charge in [-0.3, -0.25) is 9.48 Å². The number of fused-ring (bicyclic) bond motifs is 1.